The van der Waals surface area contributed by atoms with Crippen LogP contribution in [-0.4, -0.2) is 37.0 Å². The smallest absolute Gasteiger partial charge is 0.239 e. The molecule has 1 aliphatic carbocycles. The number of para-hydroxylation sites is 2. The van der Waals surface area contributed by atoms with Crippen molar-refractivity contribution in [1.29, 1.82) is 0 Å². The maximum absolute atomic E-state index is 13.7. The minimum atomic E-state index is -0.703. The Labute approximate surface area is 224 Å². The third-order valence-corrected chi connectivity index (χ3v) is 6.28. The highest BCUT2D eigenvalue weighted by Gasteiger charge is 2.25. The fourth-order valence-electron chi connectivity index (χ4n) is 4.34. The molecule has 2 unspecified atom stereocenters. The van der Waals surface area contributed by atoms with Crippen molar-refractivity contribution < 1.29 is 27.2 Å². The van der Waals surface area contributed by atoms with E-state index in [0.29, 0.717) is 16.9 Å². The molecule has 11 heteroatoms. The van der Waals surface area contributed by atoms with Crippen molar-refractivity contribution in [2.45, 2.75) is 38.8 Å². The number of thiol groups is 1. The molecule has 0 radical (unpaired) electrons. The summed E-state index contributed by atoms with van der Waals surface area (Å²) in [5, 5.41) is 5.54. The molecule has 3 N–H and O–H groups in total. The Morgan fingerprint density at radius 2 is 1.63 bits per heavy atom. The SMILES string of the molecule is CC(NC(=O)CN(CC(=O)N[C@H](C)Cc1cc(F)cc(F)c1)c1ccccc1NS)C1C=C(F)C=C(F)C1. The molecule has 0 bridgehead atoms. The maximum atomic E-state index is 13.7. The Morgan fingerprint density at radius 1 is 1.00 bits per heavy atom. The zero-order chi connectivity index (χ0) is 27.8. The summed E-state index contributed by atoms with van der Waals surface area (Å²) in [6.45, 7) is 2.91. The lowest BCUT2D eigenvalue weighted by Crippen LogP contribution is -2.47. The minimum Gasteiger partial charge on any atom is -0.352 e. The number of nitrogens with zero attached hydrogens (tertiary/aromatic N) is 1. The van der Waals surface area contributed by atoms with Gasteiger partial charge in [-0.15, -0.1) is 0 Å². The van der Waals surface area contributed by atoms with E-state index in [2.05, 4.69) is 28.2 Å². The fraction of sp³-hybridized carbons (Fsp3) is 0.333. The second-order valence-electron chi connectivity index (χ2n) is 9.30. The van der Waals surface area contributed by atoms with Gasteiger partial charge >= 0.3 is 0 Å². The lowest BCUT2D eigenvalue weighted by Gasteiger charge is -2.28. The van der Waals surface area contributed by atoms with Gasteiger partial charge in [-0.3, -0.25) is 9.59 Å². The zero-order valence-electron chi connectivity index (χ0n) is 21.0. The van der Waals surface area contributed by atoms with E-state index < -0.39 is 53.1 Å². The van der Waals surface area contributed by atoms with Gasteiger partial charge in [0.15, 0.2) is 0 Å². The van der Waals surface area contributed by atoms with Crippen LogP contribution in [0.15, 0.2) is 66.3 Å². The number of anilines is 2. The van der Waals surface area contributed by atoms with Gasteiger partial charge in [0.2, 0.25) is 11.8 Å². The van der Waals surface area contributed by atoms with Crippen LogP contribution in [-0.2, 0) is 16.0 Å². The lowest BCUT2D eigenvalue weighted by atomic mass is 9.92. The molecule has 0 saturated heterocycles. The van der Waals surface area contributed by atoms with Crippen LogP contribution in [0.3, 0.4) is 0 Å². The molecule has 2 amide bonds. The quantitative estimate of drug-likeness (QED) is 0.235. The van der Waals surface area contributed by atoms with Gasteiger partial charge in [-0.05, 0) is 56.2 Å². The summed E-state index contributed by atoms with van der Waals surface area (Å²) in [6.07, 6.45) is 2.26. The Hall–Kier alpha value is -3.47. The third-order valence-electron chi connectivity index (χ3n) is 6.04. The molecule has 1 aliphatic rings. The topological polar surface area (TPSA) is 73.5 Å². The number of rotatable bonds is 11. The molecule has 0 aliphatic heterocycles. The summed E-state index contributed by atoms with van der Waals surface area (Å²) >= 11 is 4.10. The number of amides is 2. The molecule has 204 valence electrons. The van der Waals surface area contributed by atoms with Crippen LogP contribution in [0, 0.1) is 17.6 Å². The van der Waals surface area contributed by atoms with Crippen LogP contribution in [0.2, 0.25) is 0 Å². The molecule has 6 nitrogen and oxygen atoms in total. The first-order valence-corrected chi connectivity index (χ1v) is 12.5. The van der Waals surface area contributed by atoms with Crippen LogP contribution in [0.4, 0.5) is 28.9 Å². The first-order valence-electron chi connectivity index (χ1n) is 12.0. The zero-order valence-corrected chi connectivity index (χ0v) is 21.9. The van der Waals surface area contributed by atoms with E-state index in [9.17, 15) is 27.2 Å². The molecule has 0 spiro atoms. The van der Waals surface area contributed by atoms with E-state index in [0.717, 1.165) is 12.1 Å². The molecule has 0 fully saturated rings. The van der Waals surface area contributed by atoms with E-state index in [1.807, 2.05) is 0 Å². The Morgan fingerprint density at radius 3 is 2.26 bits per heavy atom. The molecule has 2 aromatic rings. The van der Waals surface area contributed by atoms with Gasteiger partial charge in [-0.2, -0.15) is 0 Å². The molecule has 38 heavy (non-hydrogen) atoms. The van der Waals surface area contributed by atoms with E-state index in [1.165, 1.54) is 23.1 Å². The number of hydrogen-bond donors (Lipinski definition) is 4. The largest absolute Gasteiger partial charge is 0.352 e. The lowest BCUT2D eigenvalue weighted by molar-refractivity contribution is -0.121. The molecule has 3 rings (SSSR count). The Bertz CT molecular complexity index is 1200. The second kappa shape index (κ2) is 13.4. The summed E-state index contributed by atoms with van der Waals surface area (Å²) < 4.78 is 57.1. The van der Waals surface area contributed by atoms with Crippen molar-refractivity contribution in [3.05, 3.63) is 83.5 Å². The average Bonchev–Trinajstić information content (AvgIpc) is 2.82. The number of halogens is 4. The van der Waals surface area contributed by atoms with E-state index in [4.69, 9.17) is 0 Å². The molecule has 0 saturated carbocycles. The standard InChI is InChI=1S/C27H30F4N4O2S/c1-16(7-18-8-20(28)12-21(29)9-18)32-26(36)14-35(25-6-4-3-5-24(25)34-38)15-27(37)33-17(2)19-10-22(30)13-23(31)11-19/h3-6,8-10,12-13,16-17,19,34,38H,7,11,14-15H2,1-2H3,(H,32,36)(H,33,37)/t16-,17?,19?/m1/s1. The van der Waals surface area contributed by atoms with Crippen molar-refractivity contribution in [2.75, 3.05) is 22.7 Å². The van der Waals surface area contributed by atoms with Crippen LogP contribution in [0.1, 0.15) is 25.8 Å². The average molecular weight is 551 g/mol. The molecule has 3 atom stereocenters. The van der Waals surface area contributed by atoms with Crippen molar-refractivity contribution in [3.63, 3.8) is 0 Å². The van der Waals surface area contributed by atoms with E-state index in [1.54, 1.807) is 38.1 Å². The van der Waals surface area contributed by atoms with Gasteiger partial charge in [0.1, 0.15) is 23.3 Å². The van der Waals surface area contributed by atoms with Crippen LogP contribution >= 0.6 is 12.8 Å². The van der Waals surface area contributed by atoms with Gasteiger partial charge in [0, 0.05) is 36.6 Å². The summed E-state index contributed by atoms with van der Waals surface area (Å²) in [7, 11) is 0. The van der Waals surface area contributed by atoms with E-state index in [-0.39, 0.29) is 25.9 Å². The van der Waals surface area contributed by atoms with Gasteiger partial charge in [0.05, 0.1) is 24.5 Å². The Kier molecular flexibility index (Phi) is 10.2. The Balaban J connectivity index is 1.68. The molecule has 0 aromatic heterocycles. The summed E-state index contributed by atoms with van der Waals surface area (Å²) in [6, 6.07) is 9.09. The van der Waals surface area contributed by atoms with Crippen LogP contribution in [0.25, 0.3) is 0 Å². The maximum Gasteiger partial charge on any atom is 0.239 e. The van der Waals surface area contributed by atoms with Crippen LogP contribution in [0.5, 0.6) is 0 Å². The first-order chi connectivity index (χ1) is 18.0. The van der Waals surface area contributed by atoms with Crippen molar-refractivity contribution >= 4 is 36.0 Å². The van der Waals surface area contributed by atoms with Gasteiger partial charge in [-0.25, -0.2) is 17.6 Å². The molecular formula is C27H30F4N4O2S. The predicted octanol–water partition coefficient (Wildman–Crippen LogP) is 5.01. The highest BCUT2D eigenvalue weighted by molar-refractivity contribution is 7.81. The number of carbonyl (C=O) groups is 2. The summed E-state index contributed by atoms with van der Waals surface area (Å²) in [5.41, 5.74) is 1.47. The third kappa shape index (κ3) is 8.54. The predicted molar refractivity (Wildman–Crippen MR) is 143 cm³/mol. The number of allylic oxidation sites excluding steroid dienone is 3. The van der Waals surface area contributed by atoms with Gasteiger partial charge < -0.3 is 20.3 Å². The molecule has 0 heterocycles. The summed E-state index contributed by atoms with van der Waals surface area (Å²) in [4.78, 5) is 27.4. The highest BCUT2D eigenvalue weighted by Crippen LogP contribution is 2.28. The van der Waals surface area contributed by atoms with Gasteiger partial charge in [0.25, 0.3) is 0 Å². The summed E-state index contributed by atoms with van der Waals surface area (Å²) in [5.74, 6) is -4.13. The number of benzene rings is 2. The second-order valence-corrected chi connectivity index (χ2v) is 9.53. The normalized spacial score (nSPS) is 16.6. The van der Waals surface area contributed by atoms with Crippen molar-refractivity contribution in [3.8, 4) is 0 Å². The molecule has 2 aromatic carbocycles. The monoisotopic (exact) mass is 550 g/mol. The number of carbonyl (C=O) groups excluding carboxylic acids is 2. The van der Waals surface area contributed by atoms with E-state index >= 15 is 0 Å². The van der Waals surface area contributed by atoms with Crippen molar-refractivity contribution in [1.82, 2.24) is 10.6 Å². The minimum absolute atomic E-state index is 0.0273. The molecular weight excluding hydrogens is 520 g/mol. The van der Waals surface area contributed by atoms with Gasteiger partial charge in [-0.1, -0.05) is 24.9 Å². The number of nitrogens with one attached hydrogen (secondary N) is 3. The van der Waals surface area contributed by atoms with Crippen molar-refractivity contribution in [2.24, 2.45) is 5.92 Å². The van der Waals surface area contributed by atoms with Crippen LogP contribution < -0.4 is 20.3 Å². The number of hydrogen-bond acceptors (Lipinski definition) is 5. The first kappa shape index (κ1) is 29.1. The fourth-order valence-corrected chi connectivity index (χ4v) is 4.53. The highest BCUT2D eigenvalue weighted by atomic mass is 32.1.